The van der Waals surface area contributed by atoms with Crippen molar-refractivity contribution in [1.82, 2.24) is 5.32 Å². The molecule has 1 saturated heterocycles. The van der Waals surface area contributed by atoms with Crippen LogP contribution in [0.3, 0.4) is 0 Å². The predicted octanol–water partition coefficient (Wildman–Crippen LogP) is 2.30. The smallest absolute Gasteiger partial charge is 0.234 e. The molecule has 1 aromatic rings. The maximum Gasteiger partial charge on any atom is 0.234 e. The van der Waals surface area contributed by atoms with Crippen LogP contribution in [-0.2, 0) is 4.79 Å². The minimum atomic E-state index is -0.338. The topological polar surface area (TPSA) is 56.1 Å². The van der Waals surface area contributed by atoms with Crippen LogP contribution in [0.5, 0.6) is 0 Å². The number of anilines is 1. The molecule has 4 nitrogen and oxygen atoms in total. The molecule has 4 heteroatoms. The molecule has 1 aliphatic heterocycles. The van der Waals surface area contributed by atoms with Crippen LogP contribution >= 0.6 is 0 Å². The van der Waals surface area contributed by atoms with Gasteiger partial charge in [0, 0.05) is 13.6 Å². The molecule has 0 aliphatic carbocycles. The molecule has 0 saturated carbocycles. The predicted molar refractivity (Wildman–Crippen MR) is 79.4 cm³/mol. The second-order valence-electron chi connectivity index (χ2n) is 5.41. The Morgan fingerprint density at radius 3 is 2.85 bits per heavy atom. The number of nitriles is 1. The normalized spacial score (nSPS) is 22.1. The monoisotopic (exact) mass is 271 g/mol. The van der Waals surface area contributed by atoms with Gasteiger partial charge < -0.3 is 10.2 Å². The summed E-state index contributed by atoms with van der Waals surface area (Å²) in [6.45, 7) is 3.77. The molecule has 0 aromatic heterocycles. The lowest BCUT2D eigenvalue weighted by Crippen LogP contribution is -2.51. The molecule has 2 rings (SSSR count). The zero-order valence-corrected chi connectivity index (χ0v) is 12.1. The van der Waals surface area contributed by atoms with Crippen LogP contribution in [0.25, 0.3) is 0 Å². The summed E-state index contributed by atoms with van der Waals surface area (Å²) in [6, 6.07) is 9.41. The zero-order valence-electron chi connectivity index (χ0n) is 12.1. The van der Waals surface area contributed by atoms with E-state index >= 15 is 0 Å². The van der Waals surface area contributed by atoms with Crippen molar-refractivity contribution < 1.29 is 4.79 Å². The zero-order chi connectivity index (χ0) is 14.6. The van der Waals surface area contributed by atoms with Crippen molar-refractivity contribution in [2.24, 2.45) is 5.41 Å². The van der Waals surface area contributed by atoms with Crippen LogP contribution < -0.4 is 10.2 Å². The number of para-hydroxylation sites is 1. The van der Waals surface area contributed by atoms with E-state index in [9.17, 15) is 10.1 Å². The van der Waals surface area contributed by atoms with Gasteiger partial charge in [0.25, 0.3) is 0 Å². The summed E-state index contributed by atoms with van der Waals surface area (Å²) in [5.41, 5.74) is 0.895. The van der Waals surface area contributed by atoms with Gasteiger partial charge in [-0.25, -0.2) is 0 Å². The Bertz CT molecular complexity index is 527. The molecule has 0 spiro atoms. The lowest BCUT2D eigenvalue weighted by Gasteiger charge is -2.38. The van der Waals surface area contributed by atoms with Crippen molar-refractivity contribution >= 4 is 11.6 Å². The highest BCUT2D eigenvalue weighted by Gasteiger charge is 2.40. The number of nitrogens with one attached hydrogen (secondary N) is 1. The molecule has 0 bridgehead atoms. The number of carbonyl (C=O) groups is 1. The Morgan fingerprint density at radius 2 is 2.25 bits per heavy atom. The van der Waals surface area contributed by atoms with Gasteiger partial charge in [-0.1, -0.05) is 19.1 Å². The van der Waals surface area contributed by atoms with Crippen molar-refractivity contribution in [1.29, 1.82) is 5.26 Å². The standard InChI is InChI=1S/C16H21N3O/c1-3-16(9-6-10-18-12-16)15(20)19(2)14-8-5-4-7-13(14)11-17/h4-5,7-8,18H,3,6,9-10,12H2,1-2H3. The number of benzene rings is 1. The van der Waals surface area contributed by atoms with Crippen molar-refractivity contribution in [3.63, 3.8) is 0 Å². The highest BCUT2D eigenvalue weighted by Crippen LogP contribution is 2.34. The van der Waals surface area contributed by atoms with Crippen LogP contribution in [0, 0.1) is 16.7 Å². The van der Waals surface area contributed by atoms with Crippen LogP contribution in [0.1, 0.15) is 31.7 Å². The first-order valence-electron chi connectivity index (χ1n) is 7.12. The highest BCUT2D eigenvalue weighted by molar-refractivity contribution is 5.98. The Labute approximate surface area is 120 Å². The lowest BCUT2D eigenvalue weighted by molar-refractivity contribution is -0.129. The SMILES string of the molecule is CCC1(C(=O)N(C)c2ccccc2C#N)CCCNC1. The fourth-order valence-electron chi connectivity index (χ4n) is 2.93. The van der Waals surface area contributed by atoms with Crippen molar-refractivity contribution in [2.75, 3.05) is 25.0 Å². The van der Waals surface area contributed by atoms with Crippen molar-refractivity contribution in [2.45, 2.75) is 26.2 Å². The van der Waals surface area contributed by atoms with Gasteiger partial charge in [-0.2, -0.15) is 5.26 Å². The number of hydrogen-bond donors (Lipinski definition) is 1. The first-order chi connectivity index (χ1) is 9.64. The average Bonchev–Trinajstić information content (AvgIpc) is 2.54. The van der Waals surface area contributed by atoms with Gasteiger partial charge in [-0.05, 0) is 37.9 Å². The average molecular weight is 271 g/mol. The third-order valence-corrected chi connectivity index (χ3v) is 4.29. The fourth-order valence-corrected chi connectivity index (χ4v) is 2.93. The molecule has 1 atom stereocenters. The minimum Gasteiger partial charge on any atom is -0.316 e. The number of rotatable bonds is 3. The van der Waals surface area contributed by atoms with Gasteiger partial charge in [-0.3, -0.25) is 4.79 Å². The molecule has 1 heterocycles. The summed E-state index contributed by atoms with van der Waals surface area (Å²) in [6.07, 6.45) is 2.75. The van der Waals surface area contributed by atoms with Crippen LogP contribution in [0.4, 0.5) is 5.69 Å². The van der Waals surface area contributed by atoms with E-state index in [2.05, 4.69) is 18.3 Å². The van der Waals surface area contributed by atoms with Gasteiger partial charge in [0.15, 0.2) is 0 Å². The van der Waals surface area contributed by atoms with E-state index < -0.39 is 0 Å². The maximum atomic E-state index is 12.9. The lowest BCUT2D eigenvalue weighted by atomic mass is 9.77. The molecule has 1 aromatic carbocycles. The quantitative estimate of drug-likeness (QED) is 0.917. The molecule has 1 aliphatic rings. The molecule has 1 amide bonds. The van der Waals surface area contributed by atoms with E-state index in [0.29, 0.717) is 11.3 Å². The molecule has 106 valence electrons. The third kappa shape index (κ3) is 2.54. The molecule has 1 fully saturated rings. The number of nitrogens with zero attached hydrogens (tertiary/aromatic N) is 2. The summed E-state index contributed by atoms with van der Waals surface area (Å²) >= 11 is 0. The van der Waals surface area contributed by atoms with E-state index in [4.69, 9.17) is 0 Å². The first kappa shape index (κ1) is 14.5. The number of hydrogen-bond acceptors (Lipinski definition) is 3. The van der Waals surface area contributed by atoms with Crippen LogP contribution in [0.15, 0.2) is 24.3 Å². The molecule has 0 radical (unpaired) electrons. The van der Waals surface area contributed by atoms with Gasteiger partial charge in [0.2, 0.25) is 5.91 Å². The summed E-state index contributed by atoms with van der Waals surface area (Å²) in [7, 11) is 1.77. The summed E-state index contributed by atoms with van der Waals surface area (Å²) < 4.78 is 0. The van der Waals surface area contributed by atoms with Crippen molar-refractivity contribution in [3.05, 3.63) is 29.8 Å². The summed E-state index contributed by atoms with van der Waals surface area (Å²) in [5, 5.41) is 12.5. The Kier molecular flexibility index (Phi) is 4.41. The fraction of sp³-hybridized carbons (Fsp3) is 0.500. The first-order valence-corrected chi connectivity index (χ1v) is 7.12. The second-order valence-corrected chi connectivity index (χ2v) is 5.41. The second kappa shape index (κ2) is 6.06. The molecular formula is C16H21N3O. The summed E-state index contributed by atoms with van der Waals surface area (Å²) in [5.74, 6) is 0.106. The molecular weight excluding hydrogens is 250 g/mol. The van der Waals surface area contributed by atoms with Gasteiger partial charge in [-0.15, -0.1) is 0 Å². The Balaban J connectivity index is 2.30. The molecule has 1 N–H and O–H groups in total. The maximum absolute atomic E-state index is 12.9. The van der Waals surface area contributed by atoms with E-state index in [1.54, 1.807) is 18.0 Å². The molecule has 1 unspecified atom stereocenters. The Morgan fingerprint density at radius 1 is 1.50 bits per heavy atom. The third-order valence-electron chi connectivity index (χ3n) is 4.29. The van der Waals surface area contributed by atoms with E-state index in [1.807, 2.05) is 18.2 Å². The minimum absolute atomic E-state index is 0.106. The van der Waals surface area contributed by atoms with Gasteiger partial charge >= 0.3 is 0 Å². The van der Waals surface area contributed by atoms with Crippen LogP contribution in [-0.4, -0.2) is 26.0 Å². The van der Waals surface area contributed by atoms with Gasteiger partial charge in [0.1, 0.15) is 6.07 Å². The number of carbonyl (C=O) groups excluding carboxylic acids is 1. The number of piperidine rings is 1. The highest BCUT2D eigenvalue weighted by atomic mass is 16.2. The van der Waals surface area contributed by atoms with Gasteiger partial charge in [0.05, 0.1) is 16.7 Å². The number of amides is 1. The summed E-state index contributed by atoms with van der Waals surface area (Å²) in [4.78, 5) is 14.5. The van der Waals surface area contributed by atoms with Crippen LogP contribution in [0.2, 0.25) is 0 Å². The van der Waals surface area contributed by atoms with E-state index in [0.717, 1.165) is 32.4 Å². The van der Waals surface area contributed by atoms with E-state index in [-0.39, 0.29) is 11.3 Å². The van der Waals surface area contributed by atoms with E-state index in [1.165, 1.54) is 0 Å². The molecule has 20 heavy (non-hydrogen) atoms. The largest absolute Gasteiger partial charge is 0.316 e. The van der Waals surface area contributed by atoms with Crippen molar-refractivity contribution in [3.8, 4) is 6.07 Å². The Hall–Kier alpha value is -1.86.